The molecule has 0 fully saturated rings. The monoisotopic (exact) mass is 279 g/mol. The Morgan fingerprint density at radius 3 is 2.30 bits per heavy atom. The van der Waals surface area contributed by atoms with Gasteiger partial charge in [0.15, 0.2) is 0 Å². The Labute approximate surface area is 123 Å². The van der Waals surface area contributed by atoms with Gasteiger partial charge in [0.2, 0.25) is 0 Å². The number of aryl methyl sites for hydroxylation is 3. The van der Waals surface area contributed by atoms with Gasteiger partial charge in [-0.25, -0.2) is 0 Å². The number of benzene rings is 1. The first-order valence-corrected chi connectivity index (χ1v) is 7.48. The van der Waals surface area contributed by atoms with Gasteiger partial charge in [0, 0.05) is 5.54 Å². The van der Waals surface area contributed by atoms with Crippen LogP contribution in [0.5, 0.6) is 5.75 Å². The van der Waals surface area contributed by atoms with Crippen molar-refractivity contribution in [1.82, 2.24) is 5.32 Å². The van der Waals surface area contributed by atoms with Crippen LogP contribution in [0.15, 0.2) is 12.1 Å². The Bertz CT molecular complexity index is 408. The summed E-state index contributed by atoms with van der Waals surface area (Å²) >= 11 is 0. The number of likely N-dealkylation sites (N-methyl/N-ethyl adjacent to an activating group) is 1. The van der Waals surface area contributed by atoms with Crippen molar-refractivity contribution in [3.8, 4) is 5.75 Å². The lowest BCUT2D eigenvalue weighted by molar-refractivity contribution is 0.157. The third-order valence-corrected chi connectivity index (χ3v) is 3.68. The van der Waals surface area contributed by atoms with Gasteiger partial charge in [-0.05, 0) is 58.2 Å². The van der Waals surface area contributed by atoms with E-state index in [-0.39, 0.29) is 12.1 Å². The number of aliphatic hydroxyl groups excluding tert-OH is 1. The molecule has 0 saturated heterocycles. The molecule has 0 saturated carbocycles. The lowest BCUT2D eigenvalue weighted by Gasteiger charge is -2.28. The number of hydrogen-bond donors (Lipinski definition) is 2. The maximum atomic E-state index is 9.45. The predicted molar refractivity (Wildman–Crippen MR) is 84.5 cm³/mol. The fourth-order valence-corrected chi connectivity index (χ4v) is 2.68. The van der Waals surface area contributed by atoms with Crippen LogP contribution in [-0.4, -0.2) is 30.4 Å². The fraction of sp³-hybridized carbons (Fsp3) is 0.647. The van der Waals surface area contributed by atoms with Crippen molar-refractivity contribution in [2.75, 3.05) is 19.8 Å². The van der Waals surface area contributed by atoms with E-state index in [1.807, 2.05) is 0 Å². The molecule has 0 spiro atoms. The van der Waals surface area contributed by atoms with Crippen molar-refractivity contribution < 1.29 is 9.84 Å². The minimum atomic E-state index is -0.199. The molecule has 0 aromatic heterocycles. The van der Waals surface area contributed by atoms with E-state index in [1.54, 1.807) is 0 Å². The van der Waals surface area contributed by atoms with E-state index in [0.717, 1.165) is 25.1 Å². The van der Waals surface area contributed by atoms with Crippen LogP contribution in [-0.2, 0) is 0 Å². The molecule has 114 valence electrons. The van der Waals surface area contributed by atoms with E-state index in [2.05, 4.69) is 52.1 Å². The standard InChI is InChI=1S/C17H29NO2/c1-6-18-17(5,12-19)8-7-9-20-16-14(3)10-13(2)11-15(16)4/h10-11,18-19H,6-9,12H2,1-5H3. The summed E-state index contributed by atoms with van der Waals surface area (Å²) in [5.74, 6) is 1.00. The number of rotatable bonds is 8. The normalized spacial score (nSPS) is 14.1. The molecule has 0 bridgehead atoms. The Hall–Kier alpha value is -1.06. The van der Waals surface area contributed by atoms with Crippen LogP contribution in [0.1, 0.15) is 43.4 Å². The van der Waals surface area contributed by atoms with Gasteiger partial charge in [-0.3, -0.25) is 0 Å². The smallest absolute Gasteiger partial charge is 0.125 e. The molecule has 1 rings (SSSR count). The van der Waals surface area contributed by atoms with E-state index in [4.69, 9.17) is 4.74 Å². The zero-order chi connectivity index (χ0) is 15.2. The number of nitrogens with one attached hydrogen (secondary N) is 1. The molecule has 1 aromatic carbocycles. The summed E-state index contributed by atoms with van der Waals surface area (Å²) in [5.41, 5.74) is 3.46. The molecule has 20 heavy (non-hydrogen) atoms. The molecule has 1 atom stereocenters. The third-order valence-electron chi connectivity index (χ3n) is 3.68. The van der Waals surface area contributed by atoms with Crippen LogP contribution in [0.25, 0.3) is 0 Å². The molecule has 2 N–H and O–H groups in total. The molecule has 0 aliphatic heterocycles. The van der Waals surface area contributed by atoms with E-state index < -0.39 is 0 Å². The average molecular weight is 279 g/mol. The largest absolute Gasteiger partial charge is 0.493 e. The second kappa shape index (κ2) is 7.65. The summed E-state index contributed by atoms with van der Waals surface area (Å²) in [5, 5.41) is 12.8. The van der Waals surface area contributed by atoms with Crippen molar-refractivity contribution in [3.63, 3.8) is 0 Å². The van der Waals surface area contributed by atoms with Gasteiger partial charge in [0.1, 0.15) is 5.75 Å². The summed E-state index contributed by atoms with van der Waals surface area (Å²) in [6.07, 6.45) is 1.83. The molecule has 0 radical (unpaired) electrons. The van der Waals surface area contributed by atoms with Gasteiger partial charge < -0.3 is 15.2 Å². The van der Waals surface area contributed by atoms with Gasteiger partial charge >= 0.3 is 0 Å². The Kier molecular flexibility index (Phi) is 6.50. The molecular weight excluding hydrogens is 250 g/mol. The highest BCUT2D eigenvalue weighted by molar-refractivity contribution is 5.42. The highest BCUT2D eigenvalue weighted by Gasteiger charge is 2.21. The zero-order valence-corrected chi connectivity index (χ0v) is 13.5. The second-order valence-corrected chi connectivity index (χ2v) is 5.93. The fourth-order valence-electron chi connectivity index (χ4n) is 2.68. The summed E-state index contributed by atoms with van der Waals surface area (Å²) in [7, 11) is 0. The second-order valence-electron chi connectivity index (χ2n) is 5.93. The van der Waals surface area contributed by atoms with Crippen molar-refractivity contribution in [1.29, 1.82) is 0 Å². The van der Waals surface area contributed by atoms with Gasteiger partial charge in [-0.2, -0.15) is 0 Å². The maximum absolute atomic E-state index is 9.45. The lowest BCUT2D eigenvalue weighted by Crippen LogP contribution is -2.45. The van der Waals surface area contributed by atoms with E-state index in [1.165, 1.54) is 16.7 Å². The first kappa shape index (κ1) is 17.0. The molecule has 1 unspecified atom stereocenters. The van der Waals surface area contributed by atoms with Crippen LogP contribution in [0.2, 0.25) is 0 Å². The quantitative estimate of drug-likeness (QED) is 0.718. The van der Waals surface area contributed by atoms with E-state index in [0.29, 0.717) is 6.61 Å². The maximum Gasteiger partial charge on any atom is 0.125 e. The lowest BCUT2D eigenvalue weighted by atomic mass is 9.97. The Balaban J connectivity index is 2.49. The van der Waals surface area contributed by atoms with Crippen molar-refractivity contribution in [2.24, 2.45) is 0 Å². The number of hydrogen-bond acceptors (Lipinski definition) is 3. The van der Waals surface area contributed by atoms with Crippen molar-refractivity contribution >= 4 is 0 Å². The zero-order valence-electron chi connectivity index (χ0n) is 13.5. The van der Waals surface area contributed by atoms with Gasteiger partial charge in [-0.1, -0.05) is 24.6 Å². The third kappa shape index (κ3) is 4.80. The van der Waals surface area contributed by atoms with Crippen LogP contribution >= 0.6 is 0 Å². The van der Waals surface area contributed by atoms with Crippen LogP contribution in [0.4, 0.5) is 0 Å². The highest BCUT2D eigenvalue weighted by atomic mass is 16.5. The van der Waals surface area contributed by atoms with Crippen LogP contribution in [0, 0.1) is 20.8 Å². The van der Waals surface area contributed by atoms with E-state index >= 15 is 0 Å². The molecule has 1 aromatic rings. The molecule has 0 aliphatic rings. The summed E-state index contributed by atoms with van der Waals surface area (Å²) in [6, 6.07) is 4.30. The minimum absolute atomic E-state index is 0.156. The van der Waals surface area contributed by atoms with Gasteiger partial charge in [0.25, 0.3) is 0 Å². The molecule has 3 nitrogen and oxygen atoms in total. The summed E-state index contributed by atoms with van der Waals surface area (Å²) < 4.78 is 5.93. The van der Waals surface area contributed by atoms with Crippen molar-refractivity contribution in [2.45, 2.75) is 53.0 Å². The SMILES string of the molecule is CCNC(C)(CO)CCCOc1c(C)cc(C)cc1C. The highest BCUT2D eigenvalue weighted by Crippen LogP contribution is 2.25. The first-order valence-electron chi connectivity index (χ1n) is 7.48. The van der Waals surface area contributed by atoms with Crippen molar-refractivity contribution in [3.05, 3.63) is 28.8 Å². The Morgan fingerprint density at radius 1 is 1.20 bits per heavy atom. The summed E-state index contributed by atoms with van der Waals surface area (Å²) in [6.45, 7) is 12.1. The van der Waals surface area contributed by atoms with Gasteiger partial charge in [-0.15, -0.1) is 0 Å². The van der Waals surface area contributed by atoms with E-state index in [9.17, 15) is 5.11 Å². The number of ether oxygens (including phenoxy) is 1. The number of aliphatic hydroxyl groups is 1. The van der Waals surface area contributed by atoms with Gasteiger partial charge in [0.05, 0.1) is 13.2 Å². The summed E-state index contributed by atoms with van der Waals surface area (Å²) in [4.78, 5) is 0. The Morgan fingerprint density at radius 2 is 1.80 bits per heavy atom. The first-order chi connectivity index (χ1) is 9.41. The van der Waals surface area contributed by atoms with Crippen LogP contribution < -0.4 is 10.1 Å². The predicted octanol–water partition coefficient (Wildman–Crippen LogP) is 3.13. The topological polar surface area (TPSA) is 41.5 Å². The van der Waals surface area contributed by atoms with Crippen LogP contribution in [0.3, 0.4) is 0 Å². The molecule has 0 heterocycles. The molecule has 0 amide bonds. The average Bonchev–Trinajstić information content (AvgIpc) is 2.37. The molecular formula is C17H29NO2. The molecule has 0 aliphatic carbocycles. The molecule has 3 heteroatoms. The minimum Gasteiger partial charge on any atom is -0.493 e.